The number of ether oxygens (including phenoxy) is 2. The number of pyridine rings is 3. The number of methoxy groups -OCH3 is 2. The van der Waals surface area contributed by atoms with Crippen molar-refractivity contribution in [2.45, 2.75) is 25.0 Å². The molecule has 0 radical (unpaired) electrons. The van der Waals surface area contributed by atoms with Crippen molar-refractivity contribution in [1.29, 1.82) is 0 Å². The molecule has 3 saturated heterocycles. The minimum absolute atomic E-state index is 0.534. The Kier molecular flexibility index (Phi) is 4.81. The molecule has 0 aliphatic carbocycles. The van der Waals surface area contributed by atoms with Gasteiger partial charge in [-0.2, -0.15) is 5.10 Å². The molecule has 2 atom stereocenters. The van der Waals surface area contributed by atoms with Crippen molar-refractivity contribution < 1.29 is 9.47 Å². The van der Waals surface area contributed by atoms with Crippen molar-refractivity contribution in [2.24, 2.45) is 0 Å². The lowest BCUT2D eigenvalue weighted by Gasteiger charge is -2.56. The van der Waals surface area contributed by atoms with E-state index < -0.39 is 0 Å². The molecule has 5 aromatic rings. The molecule has 2 bridgehead atoms. The monoisotopic (exact) mass is 482 g/mol. The van der Waals surface area contributed by atoms with E-state index in [1.165, 1.54) is 12.0 Å². The number of nitrogens with zero attached hydrogens (tertiary/aromatic N) is 7. The Hall–Kier alpha value is -4.18. The van der Waals surface area contributed by atoms with Gasteiger partial charge in [-0.15, -0.1) is 5.10 Å². The third kappa shape index (κ3) is 3.36. The molecule has 0 spiro atoms. The lowest BCUT2D eigenvalue weighted by atomic mass is 9.87. The van der Waals surface area contributed by atoms with Crippen molar-refractivity contribution in [3.8, 4) is 22.8 Å². The number of aromatic amines is 1. The second-order valence-corrected chi connectivity index (χ2v) is 9.45. The Morgan fingerprint density at radius 2 is 1.89 bits per heavy atom. The second kappa shape index (κ2) is 8.20. The summed E-state index contributed by atoms with van der Waals surface area (Å²) in [5.41, 5.74) is 4.98. The molecule has 36 heavy (non-hydrogen) atoms. The van der Waals surface area contributed by atoms with E-state index in [1.54, 1.807) is 14.2 Å². The molecule has 0 amide bonds. The Bertz CT molecular complexity index is 1530. The number of hydrogen-bond donors (Lipinski definition) is 1. The molecule has 0 saturated carbocycles. The first-order chi connectivity index (χ1) is 17.7. The highest BCUT2D eigenvalue weighted by molar-refractivity contribution is 6.00. The van der Waals surface area contributed by atoms with Crippen LogP contribution in [0.1, 0.15) is 12.0 Å². The minimum atomic E-state index is 0.534. The number of aromatic nitrogens is 6. The molecule has 10 nitrogen and oxygen atoms in total. The van der Waals surface area contributed by atoms with Crippen molar-refractivity contribution in [3.63, 3.8) is 0 Å². The van der Waals surface area contributed by atoms with E-state index in [0.29, 0.717) is 18.0 Å². The van der Waals surface area contributed by atoms with Gasteiger partial charge in [-0.3, -0.25) is 10.00 Å². The summed E-state index contributed by atoms with van der Waals surface area (Å²) in [5.74, 6) is 2.41. The zero-order valence-electron chi connectivity index (χ0n) is 20.1. The first kappa shape index (κ1) is 21.1. The van der Waals surface area contributed by atoms with Crippen LogP contribution in [0, 0.1) is 0 Å². The summed E-state index contributed by atoms with van der Waals surface area (Å²) in [6.45, 7) is 2.88. The standard InChI is InChI=1S/C26H26N8O2/c1-35-20-8-21(25-22-11-29-30-26(22)31-34(25)15-20)17-4-5-23(27-10-17)32-13-18-7-19(14-32)33(18)12-16-3-6-24(36-2)28-9-16/h3-6,8-11,15,18-19H,7,12-14H2,1-2H3,(H,30,31). The summed E-state index contributed by atoms with van der Waals surface area (Å²) in [4.78, 5) is 14.2. The van der Waals surface area contributed by atoms with Crippen LogP contribution in [0.4, 0.5) is 5.82 Å². The fourth-order valence-corrected chi connectivity index (χ4v) is 5.57. The molecule has 10 heteroatoms. The number of piperazine rings is 1. The van der Waals surface area contributed by atoms with E-state index in [0.717, 1.165) is 58.9 Å². The van der Waals surface area contributed by atoms with Crippen LogP contribution in [-0.4, -0.2) is 74.1 Å². The van der Waals surface area contributed by atoms with Crippen LogP contribution in [0.15, 0.2) is 55.1 Å². The van der Waals surface area contributed by atoms with Gasteiger partial charge in [-0.1, -0.05) is 6.07 Å². The molecular weight excluding hydrogens is 456 g/mol. The van der Waals surface area contributed by atoms with E-state index in [9.17, 15) is 0 Å². The quantitative estimate of drug-likeness (QED) is 0.394. The van der Waals surface area contributed by atoms with E-state index >= 15 is 0 Å². The Morgan fingerprint density at radius 1 is 1.00 bits per heavy atom. The van der Waals surface area contributed by atoms with E-state index in [2.05, 4.69) is 48.3 Å². The third-order valence-electron chi connectivity index (χ3n) is 7.44. The van der Waals surface area contributed by atoms with Crippen LogP contribution >= 0.6 is 0 Å². The van der Waals surface area contributed by atoms with Gasteiger partial charge in [0.15, 0.2) is 5.65 Å². The predicted octanol–water partition coefficient (Wildman–Crippen LogP) is 3.15. The second-order valence-electron chi connectivity index (χ2n) is 9.45. The molecule has 3 aliphatic rings. The molecule has 8 heterocycles. The highest BCUT2D eigenvalue weighted by atomic mass is 16.5. The van der Waals surface area contributed by atoms with Crippen LogP contribution in [0.25, 0.3) is 27.7 Å². The fourth-order valence-electron chi connectivity index (χ4n) is 5.57. The van der Waals surface area contributed by atoms with Crippen molar-refractivity contribution in [3.05, 3.63) is 60.7 Å². The number of hydrogen-bond acceptors (Lipinski definition) is 8. The van der Waals surface area contributed by atoms with Crippen LogP contribution in [0.5, 0.6) is 11.6 Å². The highest BCUT2D eigenvalue weighted by Gasteiger charge is 2.44. The van der Waals surface area contributed by atoms with Crippen LogP contribution in [0.3, 0.4) is 0 Å². The fraction of sp³-hybridized carbons (Fsp3) is 0.308. The predicted molar refractivity (Wildman–Crippen MR) is 135 cm³/mol. The van der Waals surface area contributed by atoms with Gasteiger partial charge in [-0.25, -0.2) is 14.5 Å². The van der Waals surface area contributed by atoms with Crippen molar-refractivity contribution in [1.82, 2.24) is 34.7 Å². The molecule has 3 aliphatic heterocycles. The molecule has 0 aromatic carbocycles. The summed E-state index contributed by atoms with van der Waals surface area (Å²) in [7, 11) is 3.31. The van der Waals surface area contributed by atoms with Crippen molar-refractivity contribution >= 4 is 22.4 Å². The average molecular weight is 483 g/mol. The van der Waals surface area contributed by atoms with Gasteiger partial charge < -0.3 is 14.4 Å². The number of H-pyrrole nitrogens is 1. The minimum Gasteiger partial charge on any atom is -0.495 e. The third-order valence-corrected chi connectivity index (χ3v) is 7.44. The lowest BCUT2D eigenvalue weighted by molar-refractivity contribution is -0.00876. The number of fused-ring (bicyclic) bond motifs is 5. The van der Waals surface area contributed by atoms with Crippen LogP contribution in [0.2, 0.25) is 0 Å². The van der Waals surface area contributed by atoms with E-state index in [1.807, 2.05) is 41.4 Å². The van der Waals surface area contributed by atoms with Crippen LogP contribution in [-0.2, 0) is 6.54 Å². The zero-order valence-corrected chi connectivity index (χ0v) is 20.1. The summed E-state index contributed by atoms with van der Waals surface area (Å²) in [5, 5.41) is 12.7. The number of anilines is 1. The maximum atomic E-state index is 5.53. The topological polar surface area (TPSA) is 96.7 Å². The summed E-state index contributed by atoms with van der Waals surface area (Å²) < 4.78 is 12.5. The average Bonchev–Trinajstić information content (AvgIpc) is 3.53. The van der Waals surface area contributed by atoms with Gasteiger partial charge in [0, 0.05) is 61.3 Å². The molecule has 3 fully saturated rings. The zero-order chi connectivity index (χ0) is 24.2. The largest absolute Gasteiger partial charge is 0.495 e. The smallest absolute Gasteiger partial charge is 0.212 e. The first-order valence-electron chi connectivity index (χ1n) is 12.1. The van der Waals surface area contributed by atoms with Gasteiger partial charge >= 0.3 is 0 Å². The summed E-state index contributed by atoms with van der Waals surface area (Å²) in [6.07, 6.45) is 8.79. The normalized spacial score (nSPS) is 19.6. The number of rotatable bonds is 6. The maximum Gasteiger partial charge on any atom is 0.212 e. The van der Waals surface area contributed by atoms with Crippen LogP contribution < -0.4 is 14.4 Å². The van der Waals surface area contributed by atoms with Gasteiger partial charge in [0.25, 0.3) is 0 Å². The Morgan fingerprint density at radius 3 is 2.61 bits per heavy atom. The van der Waals surface area contributed by atoms with Crippen molar-refractivity contribution in [2.75, 3.05) is 32.2 Å². The first-order valence-corrected chi connectivity index (χ1v) is 12.1. The van der Waals surface area contributed by atoms with Gasteiger partial charge in [0.1, 0.15) is 11.6 Å². The molecule has 1 N–H and O–H groups in total. The summed E-state index contributed by atoms with van der Waals surface area (Å²) in [6, 6.07) is 11.4. The summed E-state index contributed by atoms with van der Waals surface area (Å²) >= 11 is 0. The molecule has 5 aromatic heterocycles. The van der Waals surface area contributed by atoms with Gasteiger partial charge in [0.05, 0.1) is 37.5 Å². The molecule has 2 unspecified atom stereocenters. The maximum absolute atomic E-state index is 5.53. The SMILES string of the molecule is COc1cc(-c2ccc(N3CC4CC(C3)N4Cc3ccc(OC)nc3)nc2)c2c3cn[nH]c3nn2c1. The number of piperidine rings is 1. The lowest BCUT2D eigenvalue weighted by Crippen LogP contribution is -2.68. The Balaban J connectivity index is 1.11. The van der Waals surface area contributed by atoms with E-state index in [4.69, 9.17) is 14.5 Å². The molecular formula is C26H26N8O2. The number of nitrogens with one attached hydrogen (secondary N) is 1. The Labute approximate surface area is 207 Å². The highest BCUT2D eigenvalue weighted by Crippen LogP contribution is 2.37. The van der Waals surface area contributed by atoms with Gasteiger partial charge in [0.2, 0.25) is 5.88 Å². The van der Waals surface area contributed by atoms with E-state index in [-0.39, 0.29) is 0 Å². The molecule has 8 rings (SSSR count). The van der Waals surface area contributed by atoms with Gasteiger partial charge in [-0.05, 0) is 30.2 Å². The molecule has 182 valence electrons.